The maximum atomic E-state index is 12.6. The van der Waals surface area contributed by atoms with Gasteiger partial charge < -0.3 is 20.1 Å². The smallest absolute Gasteiger partial charge is 0.334 e. The highest BCUT2D eigenvalue weighted by atomic mass is 35.5. The topological polar surface area (TPSA) is 95.9 Å². The Hall–Kier alpha value is -2.12. The van der Waals surface area contributed by atoms with Crippen LogP contribution in [0.25, 0.3) is 0 Å². The molecule has 0 saturated carbocycles. The van der Waals surface area contributed by atoms with Crippen LogP contribution in [0.2, 0.25) is 5.02 Å². The Kier molecular flexibility index (Phi) is 6.39. The van der Waals surface area contributed by atoms with Crippen molar-refractivity contribution in [3.05, 3.63) is 34.9 Å². The van der Waals surface area contributed by atoms with Gasteiger partial charge in [-0.15, -0.1) is 0 Å². The first-order chi connectivity index (χ1) is 11.8. The third kappa shape index (κ3) is 5.44. The quantitative estimate of drug-likeness (QED) is 0.823. The zero-order valence-corrected chi connectivity index (χ0v) is 14.8. The molecule has 2 unspecified atom stereocenters. The van der Waals surface area contributed by atoms with Gasteiger partial charge in [0.2, 0.25) is 11.8 Å². The minimum atomic E-state index is -1.10. The van der Waals surface area contributed by atoms with Crippen LogP contribution in [0.4, 0.5) is 0 Å². The molecule has 1 aliphatic rings. The van der Waals surface area contributed by atoms with Crippen molar-refractivity contribution >= 4 is 29.4 Å². The molecule has 1 aromatic carbocycles. The number of aliphatic carboxylic acids is 1. The fourth-order valence-corrected chi connectivity index (χ4v) is 2.91. The van der Waals surface area contributed by atoms with E-state index in [0.717, 1.165) is 5.56 Å². The Bertz CT molecular complexity index is 649. The summed E-state index contributed by atoms with van der Waals surface area (Å²) in [5.41, 5.74) is 0.754. The van der Waals surface area contributed by atoms with Gasteiger partial charge in [0.25, 0.3) is 0 Å². The molecule has 8 heteroatoms. The molecule has 1 aliphatic heterocycles. The molecule has 25 heavy (non-hydrogen) atoms. The predicted molar refractivity (Wildman–Crippen MR) is 91.2 cm³/mol. The number of rotatable bonds is 5. The van der Waals surface area contributed by atoms with Crippen LogP contribution in [0.5, 0.6) is 0 Å². The van der Waals surface area contributed by atoms with E-state index in [4.69, 9.17) is 21.4 Å². The average Bonchev–Trinajstić information content (AvgIpc) is 2.53. The molecular formula is C17H21ClN2O5. The summed E-state index contributed by atoms with van der Waals surface area (Å²) in [6.07, 6.45) is -1.38. The van der Waals surface area contributed by atoms with Gasteiger partial charge in [-0.1, -0.05) is 23.7 Å². The number of amides is 2. The lowest BCUT2D eigenvalue weighted by molar-refractivity contribution is -0.166. The first-order valence-corrected chi connectivity index (χ1v) is 8.32. The van der Waals surface area contributed by atoms with Crippen molar-refractivity contribution < 1.29 is 24.2 Å². The van der Waals surface area contributed by atoms with E-state index < -0.39 is 18.1 Å². The normalized spacial score (nSPS) is 21.5. The van der Waals surface area contributed by atoms with Crippen molar-refractivity contribution in [2.24, 2.45) is 0 Å². The van der Waals surface area contributed by atoms with Crippen LogP contribution in [0.15, 0.2) is 24.3 Å². The summed E-state index contributed by atoms with van der Waals surface area (Å²) in [4.78, 5) is 36.8. The molecule has 1 aromatic rings. The number of ether oxygens (including phenoxy) is 1. The van der Waals surface area contributed by atoms with Gasteiger partial charge in [-0.25, -0.2) is 4.79 Å². The third-order valence-corrected chi connectivity index (χ3v) is 4.17. The van der Waals surface area contributed by atoms with Crippen LogP contribution in [-0.2, 0) is 19.1 Å². The number of morpholine rings is 1. The summed E-state index contributed by atoms with van der Waals surface area (Å²) in [5, 5.41) is 12.4. The molecular weight excluding hydrogens is 348 g/mol. The number of nitrogens with one attached hydrogen (secondary N) is 1. The Labute approximate surface area is 150 Å². The second kappa shape index (κ2) is 8.31. The maximum Gasteiger partial charge on any atom is 0.334 e. The molecule has 1 heterocycles. The maximum absolute atomic E-state index is 12.6. The second-order valence-corrected chi connectivity index (χ2v) is 6.52. The Morgan fingerprint density at radius 1 is 1.32 bits per heavy atom. The molecule has 2 rings (SSSR count). The van der Waals surface area contributed by atoms with Crippen molar-refractivity contribution in [1.29, 1.82) is 0 Å². The van der Waals surface area contributed by atoms with Crippen LogP contribution in [0, 0.1) is 0 Å². The number of hydrogen-bond donors (Lipinski definition) is 2. The minimum Gasteiger partial charge on any atom is -0.479 e. The summed E-state index contributed by atoms with van der Waals surface area (Å²) in [7, 11) is 0. The molecule has 3 atom stereocenters. The van der Waals surface area contributed by atoms with Gasteiger partial charge >= 0.3 is 5.97 Å². The third-order valence-electron chi connectivity index (χ3n) is 3.92. The van der Waals surface area contributed by atoms with Crippen LogP contribution < -0.4 is 5.32 Å². The van der Waals surface area contributed by atoms with Gasteiger partial charge in [-0.05, 0) is 24.6 Å². The molecule has 1 fully saturated rings. The number of benzene rings is 1. The minimum absolute atomic E-state index is 0.00802. The van der Waals surface area contributed by atoms with Crippen molar-refractivity contribution in [3.8, 4) is 0 Å². The lowest BCUT2D eigenvalue weighted by Gasteiger charge is -2.35. The molecule has 0 spiro atoms. The van der Waals surface area contributed by atoms with Crippen LogP contribution in [-0.4, -0.2) is 53.1 Å². The first-order valence-electron chi connectivity index (χ1n) is 7.95. The highest BCUT2D eigenvalue weighted by Gasteiger charge is 2.33. The van der Waals surface area contributed by atoms with Gasteiger partial charge in [-0.3, -0.25) is 9.59 Å². The zero-order chi connectivity index (χ0) is 18.6. The molecule has 2 N–H and O–H groups in total. The van der Waals surface area contributed by atoms with Gasteiger partial charge in [-0.2, -0.15) is 0 Å². The number of carboxylic acid groups (broad SMARTS) is 1. The van der Waals surface area contributed by atoms with Gasteiger partial charge in [0.1, 0.15) is 0 Å². The van der Waals surface area contributed by atoms with Crippen molar-refractivity contribution in [3.63, 3.8) is 0 Å². The van der Waals surface area contributed by atoms with Gasteiger partial charge in [0.05, 0.1) is 25.1 Å². The van der Waals surface area contributed by atoms with Crippen molar-refractivity contribution in [1.82, 2.24) is 10.2 Å². The Morgan fingerprint density at radius 2 is 1.96 bits per heavy atom. The summed E-state index contributed by atoms with van der Waals surface area (Å²) in [6, 6.07) is 6.36. The summed E-state index contributed by atoms with van der Waals surface area (Å²) >= 11 is 5.88. The number of nitrogens with zero attached hydrogens (tertiary/aromatic N) is 1. The number of carbonyl (C=O) groups is 3. The average molecular weight is 369 g/mol. The summed E-state index contributed by atoms with van der Waals surface area (Å²) in [6.45, 7) is 3.41. The van der Waals surface area contributed by atoms with E-state index in [2.05, 4.69) is 5.32 Å². The molecule has 2 amide bonds. The van der Waals surface area contributed by atoms with Gasteiger partial charge in [0, 0.05) is 18.5 Å². The van der Waals surface area contributed by atoms with Crippen LogP contribution in [0.1, 0.15) is 31.9 Å². The number of halogens is 1. The molecule has 7 nitrogen and oxygen atoms in total. The molecule has 136 valence electrons. The standard InChI is InChI=1S/C17H21ClN2O5/c1-10-8-20(9-15(25-10)17(23)24)16(22)7-14(19-11(2)21)12-3-5-13(18)6-4-12/h3-6,10,14-15H,7-9H2,1-2H3,(H,19,21)(H,23,24)/t10-,14?,15?/m1/s1. The lowest BCUT2D eigenvalue weighted by atomic mass is 10.0. The molecule has 0 aromatic heterocycles. The number of hydrogen-bond acceptors (Lipinski definition) is 4. The SMILES string of the molecule is CC(=O)NC(CC(=O)N1CC(C(=O)O)O[C@H](C)C1)c1ccc(Cl)cc1. The van der Waals surface area contributed by atoms with E-state index >= 15 is 0 Å². The Morgan fingerprint density at radius 3 is 2.52 bits per heavy atom. The fourth-order valence-electron chi connectivity index (χ4n) is 2.79. The lowest BCUT2D eigenvalue weighted by Crippen LogP contribution is -2.52. The van der Waals surface area contributed by atoms with E-state index in [1.807, 2.05) is 0 Å². The van der Waals surface area contributed by atoms with Gasteiger partial charge in [0.15, 0.2) is 6.10 Å². The monoisotopic (exact) mass is 368 g/mol. The molecule has 0 bridgehead atoms. The highest BCUT2D eigenvalue weighted by Crippen LogP contribution is 2.22. The fraction of sp³-hybridized carbons (Fsp3) is 0.471. The molecule has 0 radical (unpaired) electrons. The second-order valence-electron chi connectivity index (χ2n) is 6.08. The van der Waals surface area contributed by atoms with E-state index in [1.54, 1.807) is 31.2 Å². The number of carboxylic acids is 1. The molecule has 1 saturated heterocycles. The van der Waals surface area contributed by atoms with E-state index in [9.17, 15) is 14.4 Å². The zero-order valence-electron chi connectivity index (χ0n) is 14.1. The van der Waals surface area contributed by atoms with E-state index in [-0.39, 0.29) is 30.9 Å². The summed E-state index contributed by atoms with van der Waals surface area (Å²) in [5.74, 6) is -1.60. The largest absolute Gasteiger partial charge is 0.479 e. The van der Waals surface area contributed by atoms with E-state index in [0.29, 0.717) is 11.6 Å². The number of carbonyl (C=O) groups excluding carboxylic acids is 2. The summed E-state index contributed by atoms with van der Waals surface area (Å²) < 4.78 is 5.32. The Balaban J connectivity index is 2.11. The van der Waals surface area contributed by atoms with Crippen LogP contribution >= 0.6 is 11.6 Å². The first kappa shape index (κ1) is 19.2. The highest BCUT2D eigenvalue weighted by molar-refractivity contribution is 6.30. The van der Waals surface area contributed by atoms with Crippen molar-refractivity contribution in [2.75, 3.05) is 13.1 Å². The predicted octanol–water partition coefficient (Wildman–Crippen LogP) is 1.61. The molecule has 0 aliphatic carbocycles. The van der Waals surface area contributed by atoms with E-state index in [1.165, 1.54) is 11.8 Å². The van der Waals surface area contributed by atoms with Crippen LogP contribution in [0.3, 0.4) is 0 Å². The van der Waals surface area contributed by atoms with Crippen molar-refractivity contribution in [2.45, 2.75) is 38.5 Å².